The molecule has 1 rings (SSSR count). The number of aromatic amines is 1. The van der Waals surface area contributed by atoms with Crippen molar-refractivity contribution in [2.75, 3.05) is 13.7 Å². The first-order valence-electron chi connectivity index (χ1n) is 5.90. The number of esters is 1. The Morgan fingerprint density at radius 1 is 1.72 bits per heavy atom. The SMILES string of the molecule is CCOC(=O)C(C)(CC(C)Sc1ncn[nH]1)NC. The van der Waals surface area contributed by atoms with Crippen LogP contribution in [0.4, 0.5) is 0 Å². The molecule has 1 aromatic heterocycles. The van der Waals surface area contributed by atoms with Crippen molar-refractivity contribution in [1.29, 1.82) is 0 Å². The molecule has 0 radical (unpaired) electrons. The zero-order valence-electron chi connectivity index (χ0n) is 11.2. The molecule has 0 aliphatic rings. The van der Waals surface area contributed by atoms with Gasteiger partial charge in [0, 0.05) is 5.25 Å². The Morgan fingerprint density at radius 3 is 2.94 bits per heavy atom. The summed E-state index contributed by atoms with van der Waals surface area (Å²) in [5.74, 6) is -0.225. The number of hydrogen-bond donors (Lipinski definition) is 2. The number of nitrogens with one attached hydrogen (secondary N) is 2. The second-order valence-corrected chi connectivity index (χ2v) is 5.65. The van der Waals surface area contributed by atoms with Crippen LogP contribution in [0.15, 0.2) is 11.5 Å². The number of H-pyrrole nitrogens is 1. The van der Waals surface area contributed by atoms with Crippen LogP contribution in [0.3, 0.4) is 0 Å². The van der Waals surface area contributed by atoms with Gasteiger partial charge in [0.2, 0.25) is 0 Å². The highest BCUT2D eigenvalue weighted by Crippen LogP contribution is 2.26. The largest absolute Gasteiger partial charge is 0.465 e. The average Bonchev–Trinajstić information content (AvgIpc) is 2.81. The molecule has 0 fully saturated rings. The minimum atomic E-state index is -0.678. The predicted molar refractivity (Wildman–Crippen MR) is 70.4 cm³/mol. The van der Waals surface area contributed by atoms with E-state index >= 15 is 0 Å². The Morgan fingerprint density at radius 2 is 2.44 bits per heavy atom. The number of rotatable bonds is 7. The topological polar surface area (TPSA) is 79.9 Å². The number of likely N-dealkylation sites (N-methyl/N-ethyl adjacent to an activating group) is 1. The van der Waals surface area contributed by atoms with Crippen molar-refractivity contribution in [2.45, 2.75) is 43.1 Å². The van der Waals surface area contributed by atoms with Crippen LogP contribution in [0, 0.1) is 0 Å². The molecule has 0 saturated heterocycles. The molecule has 0 aromatic carbocycles. The third-order valence-electron chi connectivity index (χ3n) is 2.68. The van der Waals surface area contributed by atoms with Gasteiger partial charge in [-0.2, -0.15) is 5.10 Å². The number of nitrogens with zero attached hydrogens (tertiary/aromatic N) is 2. The van der Waals surface area contributed by atoms with Gasteiger partial charge in [-0.3, -0.25) is 9.89 Å². The van der Waals surface area contributed by atoms with Crippen molar-refractivity contribution >= 4 is 17.7 Å². The molecule has 0 aliphatic heterocycles. The number of ether oxygens (including phenoxy) is 1. The van der Waals surface area contributed by atoms with E-state index < -0.39 is 5.54 Å². The van der Waals surface area contributed by atoms with Crippen LogP contribution < -0.4 is 5.32 Å². The lowest BCUT2D eigenvalue weighted by atomic mass is 9.96. The lowest BCUT2D eigenvalue weighted by Crippen LogP contribution is -2.50. The number of hydrogen-bond acceptors (Lipinski definition) is 6. The van der Waals surface area contributed by atoms with E-state index in [1.807, 2.05) is 13.8 Å². The summed E-state index contributed by atoms with van der Waals surface area (Å²) >= 11 is 1.55. The summed E-state index contributed by atoms with van der Waals surface area (Å²) in [6.45, 7) is 6.09. The van der Waals surface area contributed by atoms with Gasteiger partial charge in [-0.05, 0) is 27.3 Å². The molecule has 0 spiro atoms. The van der Waals surface area contributed by atoms with Gasteiger partial charge in [-0.1, -0.05) is 18.7 Å². The standard InChI is InChI=1S/C11H20N4O2S/c1-5-17-9(16)11(3,12-4)6-8(2)18-10-13-7-14-15-10/h7-8,12H,5-6H2,1-4H3,(H,13,14,15). The first kappa shape index (κ1) is 15.0. The quantitative estimate of drug-likeness (QED) is 0.574. The zero-order chi connectivity index (χ0) is 13.6. The van der Waals surface area contributed by atoms with E-state index in [4.69, 9.17) is 4.74 Å². The highest BCUT2D eigenvalue weighted by molar-refractivity contribution is 7.99. The van der Waals surface area contributed by atoms with Crippen molar-refractivity contribution < 1.29 is 9.53 Å². The van der Waals surface area contributed by atoms with Crippen LogP contribution in [0.25, 0.3) is 0 Å². The maximum absolute atomic E-state index is 11.9. The molecular weight excluding hydrogens is 252 g/mol. The summed E-state index contributed by atoms with van der Waals surface area (Å²) in [5, 5.41) is 10.6. The monoisotopic (exact) mass is 272 g/mol. The molecule has 0 amide bonds. The lowest BCUT2D eigenvalue weighted by Gasteiger charge is -2.28. The van der Waals surface area contributed by atoms with Gasteiger partial charge in [0.25, 0.3) is 0 Å². The summed E-state index contributed by atoms with van der Waals surface area (Å²) in [6, 6.07) is 0. The maximum atomic E-state index is 11.9. The Bertz CT molecular complexity index is 371. The first-order chi connectivity index (χ1) is 8.51. The summed E-state index contributed by atoms with van der Waals surface area (Å²) < 4.78 is 5.09. The Kier molecular flexibility index (Phi) is 5.61. The van der Waals surface area contributed by atoms with Crippen LogP contribution in [-0.2, 0) is 9.53 Å². The smallest absolute Gasteiger partial charge is 0.326 e. The van der Waals surface area contributed by atoms with Gasteiger partial charge in [0.1, 0.15) is 11.9 Å². The van der Waals surface area contributed by atoms with E-state index in [1.54, 1.807) is 25.7 Å². The number of carbonyl (C=O) groups is 1. The van der Waals surface area contributed by atoms with Crippen LogP contribution in [-0.4, -0.2) is 45.6 Å². The minimum absolute atomic E-state index is 0.208. The molecule has 0 saturated carbocycles. The molecule has 2 unspecified atom stereocenters. The fraction of sp³-hybridized carbons (Fsp3) is 0.727. The van der Waals surface area contributed by atoms with Crippen molar-refractivity contribution in [3.8, 4) is 0 Å². The summed E-state index contributed by atoms with van der Waals surface area (Å²) in [6.07, 6.45) is 2.12. The normalized spacial score (nSPS) is 16.0. The van der Waals surface area contributed by atoms with Crippen molar-refractivity contribution in [1.82, 2.24) is 20.5 Å². The van der Waals surface area contributed by atoms with Crippen molar-refractivity contribution in [3.05, 3.63) is 6.33 Å². The number of thioether (sulfide) groups is 1. The molecule has 6 nitrogen and oxygen atoms in total. The zero-order valence-corrected chi connectivity index (χ0v) is 12.0. The van der Waals surface area contributed by atoms with Crippen LogP contribution >= 0.6 is 11.8 Å². The van der Waals surface area contributed by atoms with Crippen LogP contribution in [0.5, 0.6) is 0 Å². The molecule has 102 valence electrons. The molecule has 0 bridgehead atoms. The summed E-state index contributed by atoms with van der Waals surface area (Å²) in [7, 11) is 1.77. The van der Waals surface area contributed by atoms with E-state index in [2.05, 4.69) is 20.5 Å². The van der Waals surface area contributed by atoms with Gasteiger partial charge < -0.3 is 10.1 Å². The molecule has 18 heavy (non-hydrogen) atoms. The molecule has 0 aliphatic carbocycles. The number of aromatic nitrogens is 3. The predicted octanol–water partition coefficient (Wildman–Crippen LogP) is 1.22. The lowest BCUT2D eigenvalue weighted by molar-refractivity contribution is -0.150. The summed E-state index contributed by atoms with van der Waals surface area (Å²) in [5.41, 5.74) is -0.678. The molecule has 1 aromatic rings. The third kappa shape index (κ3) is 3.99. The molecular formula is C11H20N4O2S. The Balaban J connectivity index is 2.58. The molecule has 2 N–H and O–H groups in total. The fourth-order valence-electron chi connectivity index (χ4n) is 1.64. The van der Waals surface area contributed by atoms with Gasteiger partial charge in [0.05, 0.1) is 6.61 Å². The second kappa shape index (κ2) is 6.75. The van der Waals surface area contributed by atoms with Crippen LogP contribution in [0.2, 0.25) is 0 Å². The Labute approximate surface area is 111 Å². The van der Waals surface area contributed by atoms with Gasteiger partial charge >= 0.3 is 5.97 Å². The average molecular weight is 272 g/mol. The Hall–Kier alpha value is -1.08. The van der Waals surface area contributed by atoms with E-state index in [-0.39, 0.29) is 11.2 Å². The maximum Gasteiger partial charge on any atom is 0.326 e. The van der Waals surface area contributed by atoms with Gasteiger partial charge in [-0.25, -0.2) is 4.98 Å². The van der Waals surface area contributed by atoms with Gasteiger partial charge in [0.15, 0.2) is 5.16 Å². The highest BCUT2D eigenvalue weighted by atomic mass is 32.2. The van der Waals surface area contributed by atoms with Gasteiger partial charge in [-0.15, -0.1) is 0 Å². The second-order valence-electron chi connectivity index (χ2n) is 4.23. The highest BCUT2D eigenvalue weighted by Gasteiger charge is 2.34. The fourth-order valence-corrected chi connectivity index (χ4v) is 2.65. The molecule has 7 heteroatoms. The summed E-state index contributed by atoms with van der Waals surface area (Å²) in [4.78, 5) is 16.0. The molecule has 2 atom stereocenters. The minimum Gasteiger partial charge on any atom is -0.465 e. The molecule has 1 heterocycles. The first-order valence-corrected chi connectivity index (χ1v) is 6.78. The van der Waals surface area contributed by atoms with E-state index in [1.165, 1.54) is 6.33 Å². The van der Waals surface area contributed by atoms with E-state index in [0.717, 1.165) is 5.16 Å². The van der Waals surface area contributed by atoms with Crippen LogP contribution in [0.1, 0.15) is 27.2 Å². The van der Waals surface area contributed by atoms with E-state index in [0.29, 0.717) is 13.0 Å². The number of carbonyl (C=O) groups excluding carboxylic acids is 1. The van der Waals surface area contributed by atoms with Crippen molar-refractivity contribution in [2.24, 2.45) is 0 Å². The van der Waals surface area contributed by atoms with Crippen molar-refractivity contribution in [3.63, 3.8) is 0 Å². The van der Waals surface area contributed by atoms with E-state index in [9.17, 15) is 4.79 Å². The third-order valence-corrected chi connectivity index (χ3v) is 3.67.